The van der Waals surface area contributed by atoms with Gasteiger partial charge in [-0.25, -0.2) is 0 Å². The highest BCUT2D eigenvalue weighted by molar-refractivity contribution is 5.91. The number of piperidine rings is 1. The maximum atomic E-state index is 12.0. The number of aromatic nitrogens is 1. The maximum Gasteiger partial charge on any atom is 0.320 e. The van der Waals surface area contributed by atoms with Gasteiger partial charge in [-0.15, -0.1) is 0 Å². The van der Waals surface area contributed by atoms with Crippen molar-refractivity contribution in [3.8, 4) is 0 Å². The van der Waals surface area contributed by atoms with E-state index in [1.54, 1.807) is 17.9 Å². The van der Waals surface area contributed by atoms with E-state index in [4.69, 9.17) is 4.52 Å². The van der Waals surface area contributed by atoms with Gasteiger partial charge in [-0.3, -0.25) is 19.8 Å². The lowest BCUT2D eigenvalue weighted by atomic mass is 9.89. The molecule has 1 aromatic rings. The predicted octanol–water partition coefficient (Wildman–Crippen LogP) is 1.50. The minimum absolute atomic E-state index is 0.0488. The largest absolute Gasteiger partial charge is 0.480 e. The number of hydrogen-bond acceptors (Lipinski definition) is 5. The van der Waals surface area contributed by atoms with Crippen LogP contribution in [-0.2, 0) is 9.59 Å². The smallest absolute Gasteiger partial charge is 0.320 e. The van der Waals surface area contributed by atoms with Gasteiger partial charge in [-0.1, -0.05) is 18.5 Å². The van der Waals surface area contributed by atoms with Crippen LogP contribution in [0.15, 0.2) is 10.6 Å². The van der Waals surface area contributed by atoms with E-state index in [-0.39, 0.29) is 18.3 Å². The lowest BCUT2D eigenvalue weighted by Gasteiger charge is -2.36. The molecule has 1 amide bonds. The molecule has 2 rings (SSSR count). The van der Waals surface area contributed by atoms with Gasteiger partial charge in [0, 0.05) is 6.07 Å². The van der Waals surface area contributed by atoms with Crippen LogP contribution >= 0.6 is 0 Å². The zero-order valence-electron chi connectivity index (χ0n) is 12.3. The van der Waals surface area contributed by atoms with E-state index in [0.717, 1.165) is 12.8 Å². The Balaban J connectivity index is 1.93. The molecule has 1 fully saturated rings. The molecule has 1 aliphatic heterocycles. The molecule has 21 heavy (non-hydrogen) atoms. The van der Waals surface area contributed by atoms with E-state index in [1.807, 2.05) is 0 Å². The summed E-state index contributed by atoms with van der Waals surface area (Å²) in [7, 11) is 0. The van der Waals surface area contributed by atoms with Crippen molar-refractivity contribution in [1.82, 2.24) is 10.1 Å². The van der Waals surface area contributed by atoms with Crippen LogP contribution in [0.2, 0.25) is 0 Å². The number of likely N-dealkylation sites (tertiary alicyclic amines) is 1. The molecule has 0 aromatic carbocycles. The second-order valence-corrected chi connectivity index (χ2v) is 5.50. The number of aliphatic carboxylic acids is 1. The second kappa shape index (κ2) is 6.71. The average molecular weight is 295 g/mol. The Morgan fingerprint density at radius 1 is 1.57 bits per heavy atom. The molecule has 0 aliphatic carbocycles. The summed E-state index contributed by atoms with van der Waals surface area (Å²) in [6.45, 7) is 4.50. The number of aryl methyl sites for hydroxylation is 1. The van der Waals surface area contributed by atoms with Crippen LogP contribution in [0.1, 0.15) is 31.9 Å². The van der Waals surface area contributed by atoms with Gasteiger partial charge in [0.2, 0.25) is 11.8 Å². The van der Waals surface area contributed by atoms with Gasteiger partial charge in [-0.2, -0.15) is 0 Å². The van der Waals surface area contributed by atoms with E-state index >= 15 is 0 Å². The lowest BCUT2D eigenvalue weighted by molar-refractivity contribution is -0.145. The van der Waals surface area contributed by atoms with E-state index < -0.39 is 12.0 Å². The number of carbonyl (C=O) groups excluding carboxylic acids is 1. The fourth-order valence-corrected chi connectivity index (χ4v) is 2.69. The first-order valence-electron chi connectivity index (χ1n) is 7.19. The van der Waals surface area contributed by atoms with Crippen LogP contribution in [0.25, 0.3) is 0 Å². The minimum atomic E-state index is -0.864. The van der Waals surface area contributed by atoms with Crippen LogP contribution < -0.4 is 5.32 Å². The van der Waals surface area contributed by atoms with Crippen LogP contribution in [0.3, 0.4) is 0 Å². The molecular formula is C14H21N3O4. The molecule has 1 aromatic heterocycles. The third-order valence-corrected chi connectivity index (χ3v) is 3.92. The number of amides is 1. The number of carboxylic acids is 1. The molecule has 7 nitrogen and oxygen atoms in total. The van der Waals surface area contributed by atoms with Crippen LogP contribution in [0, 0.1) is 12.8 Å². The molecule has 2 N–H and O–H groups in total. The fraction of sp³-hybridized carbons (Fsp3) is 0.643. The van der Waals surface area contributed by atoms with Crippen molar-refractivity contribution in [2.24, 2.45) is 5.92 Å². The quantitative estimate of drug-likeness (QED) is 0.854. The van der Waals surface area contributed by atoms with Crippen molar-refractivity contribution >= 4 is 17.8 Å². The SMILES string of the molecule is CCC1CCN(CC(=O)Nc2cc(C)no2)C(C(=O)O)C1. The summed E-state index contributed by atoms with van der Waals surface area (Å²) in [5.74, 6) is -0.445. The summed E-state index contributed by atoms with van der Waals surface area (Å²) in [5, 5.41) is 15.6. The molecule has 0 spiro atoms. The Kier molecular flexibility index (Phi) is 4.95. The summed E-state index contributed by atoms with van der Waals surface area (Å²) in [6.07, 6.45) is 2.50. The highest BCUT2D eigenvalue weighted by Crippen LogP contribution is 2.25. The third-order valence-electron chi connectivity index (χ3n) is 3.92. The standard InChI is InChI=1S/C14H21N3O4/c1-3-10-4-5-17(11(7-10)14(19)20)8-12(18)15-13-6-9(2)16-21-13/h6,10-11H,3-5,7-8H2,1-2H3,(H,15,18)(H,19,20). The first-order chi connectivity index (χ1) is 9.99. The summed E-state index contributed by atoms with van der Waals surface area (Å²) in [4.78, 5) is 25.1. The Morgan fingerprint density at radius 2 is 2.33 bits per heavy atom. The van der Waals surface area contributed by atoms with E-state index in [2.05, 4.69) is 17.4 Å². The van der Waals surface area contributed by atoms with Gasteiger partial charge in [-0.05, 0) is 32.2 Å². The van der Waals surface area contributed by atoms with Gasteiger partial charge in [0.15, 0.2) is 0 Å². The molecule has 2 unspecified atom stereocenters. The molecular weight excluding hydrogens is 274 g/mol. The molecule has 2 heterocycles. The van der Waals surface area contributed by atoms with Crippen LogP contribution in [-0.4, -0.2) is 46.2 Å². The Morgan fingerprint density at radius 3 is 2.90 bits per heavy atom. The van der Waals surface area contributed by atoms with Crippen LogP contribution in [0.5, 0.6) is 0 Å². The normalized spacial score (nSPS) is 23.0. The summed E-state index contributed by atoms with van der Waals surface area (Å²) in [6, 6.07) is 1.03. The lowest BCUT2D eigenvalue weighted by Crippen LogP contribution is -2.49. The number of hydrogen-bond donors (Lipinski definition) is 2. The van der Waals surface area contributed by atoms with Crippen molar-refractivity contribution in [3.05, 3.63) is 11.8 Å². The van der Waals surface area contributed by atoms with Crippen molar-refractivity contribution in [2.45, 2.75) is 39.2 Å². The van der Waals surface area contributed by atoms with Crippen LogP contribution in [0.4, 0.5) is 5.88 Å². The second-order valence-electron chi connectivity index (χ2n) is 5.50. The van der Waals surface area contributed by atoms with Gasteiger partial charge in [0.25, 0.3) is 0 Å². The number of anilines is 1. The topological polar surface area (TPSA) is 95.7 Å². The minimum Gasteiger partial charge on any atom is -0.480 e. The maximum absolute atomic E-state index is 12.0. The van der Waals surface area contributed by atoms with Gasteiger partial charge < -0.3 is 9.63 Å². The van der Waals surface area contributed by atoms with Gasteiger partial charge >= 0.3 is 5.97 Å². The van der Waals surface area contributed by atoms with E-state index in [9.17, 15) is 14.7 Å². The van der Waals surface area contributed by atoms with E-state index in [1.165, 1.54) is 0 Å². The van der Waals surface area contributed by atoms with Crippen molar-refractivity contribution < 1.29 is 19.2 Å². The number of nitrogens with zero attached hydrogens (tertiary/aromatic N) is 2. The first-order valence-corrected chi connectivity index (χ1v) is 7.19. The molecule has 0 saturated carbocycles. The van der Waals surface area contributed by atoms with Gasteiger partial charge in [0.1, 0.15) is 6.04 Å². The summed E-state index contributed by atoms with van der Waals surface area (Å²) in [5.41, 5.74) is 0.678. The number of rotatable bonds is 5. The molecule has 1 saturated heterocycles. The van der Waals surface area contributed by atoms with Crippen molar-refractivity contribution in [1.29, 1.82) is 0 Å². The molecule has 0 bridgehead atoms. The number of carboxylic acid groups (broad SMARTS) is 1. The molecule has 2 atom stereocenters. The Labute approximate surface area is 123 Å². The zero-order valence-corrected chi connectivity index (χ0v) is 12.3. The Bertz CT molecular complexity index is 514. The molecule has 7 heteroatoms. The molecule has 0 radical (unpaired) electrons. The van der Waals surface area contributed by atoms with E-state index in [0.29, 0.717) is 24.6 Å². The van der Waals surface area contributed by atoms with Crippen molar-refractivity contribution in [3.63, 3.8) is 0 Å². The molecule has 116 valence electrons. The summed E-state index contributed by atoms with van der Waals surface area (Å²) < 4.78 is 4.92. The fourth-order valence-electron chi connectivity index (χ4n) is 2.69. The molecule has 1 aliphatic rings. The average Bonchev–Trinajstić information content (AvgIpc) is 2.84. The highest BCUT2D eigenvalue weighted by Gasteiger charge is 2.33. The van der Waals surface area contributed by atoms with Crippen molar-refractivity contribution in [2.75, 3.05) is 18.4 Å². The van der Waals surface area contributed by atoms with Gasteiger partial charge in [0.05, 0.1) is 12.2 Å². The predicted molar refractivity (Wildman–Crippen MR) is 75.9 cm³/mol. The first kappa shape index (κ1) is 15.5. The summed E-state index contributed by atoms with van der Waals surface area (Å²) >= 11 is 0. The number of nitrogens with one attached hydrogen (secondary N) is 1. The highest BCUT2D eigenvalue weighted by atomic mass is 16.5. The monoisotopic (exact) mass is 295 g/mol. The number of carbonyl (C=O) groups is 2. The third kappa shape index (κ3) is 4.04. The zero-order chi connectivity index (χ0) is 15.4. The Hall–Kier alpha value is -1.89.